The number of carbonyl (C=O) groups is 2. The number of carbonyl (C=O) groups excluding carboxylic acids is 2. The largest absolute Gasteiger partial charge is 0.349 e. The summed E-state index contributed by atoms with van der Waals surface area (Å²) in [6.45, 7) is 2.33. The number of hydrogen-bond donors (Lipinski definition) is 3. The fourth-order valence-electron chi connectivity index (χ4n) is 3.30. The number of aromatic nitrogens is 2. The van der Waals surface area contributed by atoms with Crippen LogP contribution in [-0.4, -0.2) is 36.3 Å². The molecule has 3 aromatic rings. The second kappa shape index (κ2) is 6.64. The lowest BCUT2D eigenvalue weighted by Gasteiger charge is -2.23. The first-order chi connectivity index (χ1) is 13.6. The Labute approximate surface area is 164 Å². The highest BCUT2D eigenvalue weighted by Gasteiger charge is 2.26. The van der Waals surface area contributed by atoms with Gasteiger partial charge in [0.15, 0.2) is 0 Å². The van der Waals surface area contributed by atoms with Gasteiger partial charge in [-0.3, -0.25) is 9.59 Å². The first-order valence-electron chi connectivity index (χ1n) is 8.59. The molecule has 0 bridgehead atoms. The van der Waals surface area contributed by atoms with Crippen molar-refractivity contribution in [3.05, 3.63) is 53.6 Å². The molecule has 29 heavy (non-hydrogen) atoms. The molecule has 0 spiro atoms. The summed E-state index contributed by atoms with van der Waals surface area (Å²) in [7, 11) is -4.18. The van der Waals surface area contributed by atoms with Crippen LogP contribution in [0.3, 0.4) is 0 Å². The number of nitrogens with one attached hydrogen (secondary N) is 2. The van der Waals surface area contributed by atoms with Gasteiger partial charge in [-0.25, -0.2) is 22.9 Å². The van der Waals surface area contributed by atoms with Crippen molar-refractivity contribution in [1.82, 2.24) is 14.9 Å². The third-order valence-corrected chi connectivity index (χ3v) is 5.61. The molecule has 0 fully saturated rings. The van der Waals surface area contributed by atoms with Gasteiger partial charge in [0.25, 0.3) is 11.8 Å². The highest BCUT2D eigenvalue weighted by Crippen LogP contribution is 2.26. The van der Waals surface area contributed by atoms with Crippen molar-refractivity contribution in [2.45, 2.75) is 17.9 Å². The normalized spacial score (nSPS) is 16.4. The summed E-state index contributed by atoms with van der Waals surface area (Å²) in [5.41, 5.74) is 0.567. The van der Waals surface area contributed by atoms with Crippen LogP contribution in [0.4, 0.5) is 10.1 Å². The van der Waals surface area contributed by atoms with Gasteiger partial charge in [0.05, 0.1) is 11.7 Å². The second-order valence-electron chi connectivity index (χ2n) is 6.71. The highest BCUT2D eigenvalue weighted by atomic mass is 32.2. The summed E-state index contributed by atoms with van der Waals surface area (Å²) >= 11 is 0. The van der Waals surface area contributed by atoms with Crippen molar-refractivity contribution < 1.29 is 22.4 Å². The maximum Gasteiger partial charge on any atom is 0.274 e. The molecule has 3 heterocycles. The Kier molecular flexibility index (Phi) is 4.35. The molecule has 4 N–H and O–H groups in total. The van der Waals surface area contributed by atoms with Crippen LogP contribution in [0.5, 0.6) is 0 Å². The molecule has 0 saturated heterocycles. The summed E-state index contributed by atoms with van der Waals surface area (Å²) in [6.07, 6.45) is 0. The van der Waals surface area contributed by atoms with Crippen molar-refractivity contribution in [2.75, 3.05) is 11.9 Å². The molecule has 2 aromatic heterocycles. The number of nitrogens with zero attached hydrogens (tertiary/aromatic N) is 2. The number of sulfonamides is 1. The van der Waals surface area contributed by atoms with Gasteiger partial charge in [-0.05, 0) is 43.3 Å². The zero-order valence-electron chi connectivity index (χ0n) is 15.1. The molecule has 4 rings (SSSR count). The predicted molar refractivity (Wildman–Crippen MR) is 103 cm³/mol. The monoisotopic (exact) mass is 417 g/mol. The lowest BCUT2D eigenvalue weighted by molar-refractivity contribution is 0.0918. The van der Waals surface area contributed by atoms with Gasteiger partial charge in [0.1, 0.15) is 27.7 Å². The number of fused-ring (bicyclic) bond motifs is 3. The van der Waals surface area contributed by atoms with E-state index in [0.29, 0.717) is 23.3 Å². The number of pyridine rings is 1. The predicted octanol–water partition coefficient (Wildman–Crippen LogP) is 1.38. The van der Waals surface area contributed by atoms with Crippen LogP contribution < -0.4 is 15.8 Å². The van der Waals surface area contributed by atoms with E-state index in [0.717, 1.165) is 18.2 Å². The molecule has 0 aliphatic carbocycles. The van der Waals surface area contributed by atoms with Crippen molar-refractivity contribution in [3.8, 4) is 0 Å². The topological polar surface area (TPSA) is 136 Å². The maximum atomic E-state index is 13.6. The molecule has 0 saturated carbocycles. The minimum absolute atomic E-state index is 0.0267. The molecule has 1 atom stereocenters. The van der Waals surface area contributed by atoms with Crippen LogP contribution in [0.25, 0.3) is 11.0 Å². The quantitative estimate of drug-likeness (QED) is 0.591. The van der Waals surface area contributed by atoms with Gasteiger partial charge < -0.3 is 15.2 Å². The number of benzene rings is 1. The van der Waals surface area contributed by atoms with E-state index < -0.39 is 26.6 Å². The van der Waals surface area contributed by atoms with Crippen molar-refractivity contribution in [3.63, 3.8) is 0 Å². The summed E-state index contributed by atoms with van der Waals surface area (Å²) in [6, 6.07) is 7.45. The lowest BCUT2D eigenvalue weighted by Crippen LogP contribution is -2.37. The van der Waals surface area contributed by atoms with Gasteiger partial charge in [-0.2, -0.15) is 0 Å². The van der Waals surface area contributed by atoms with Crippen LogP contribution in [0.2, 0.25) is 0 Å². The van der Waals surface area contributed by atoms with Gasteiger partial charge in [0, 0.05) is 11.9 Å². The lowest BCUT2D eigenvalue weighted by atomic mass is 10.2. The minimum atomic E-state index is -4.18. The second-order valence-corrected chi connectivity index (χ2v) is 8.24. The third-order valence-electron chi connectivity index (χ3n) is 4.65. The van der Waals surface area contributed by atoms with Gasteiger partial charge in [0.2, 0.25) is 10.0 Å². The molecule has 11 heteroatoms. The summed E-state index contributed by atoms with van der Waals surface area (Å²) in [5, 5.41) is 10.9. The fourth-order valence-corrected chi connectivity index (χ4v) is 3.97. The number of nitrogens with two attached hydrogens (primary N) is 1. The Balaban J connectivity index is 1.75. The standard InChI is InChI=1S/C18H16FN5O4S/c1-9-8-21-18(26)14-6-10-2-4-12(22-16(10)24(9)14)17(25)23-13-7-11(19)3-5-15(13)29(20,27)28/h2-7,9H,8H2,1H3,(H,21,26)(H,23,25)(H2,20,27,28)/t9-/m1/s1. The Bertz CT molecular complexity index is 1280. The van der Waals surface area contributed by atoms with Crippen molar-refractivity contribution in [2.24, 2.45) is 5.14 Å². The van der Waals surface area contributed by atoms with E-state index in [1.807, 2.05) is 6.92 Å². The van der Waals surface area contributed by atoms with E-state index in [4.69, 9.17) is 5.14 Å². The molecule has 1 aromatic carbocycles. The van der Waals surface area contributed by atoms with E-state index in [-0.39, 0.29) is 23.3 Å². The van der Waals surface area contributed by atoms with Gasteiger partial charge >= 0.3 is 0 Å². The number of anilines is 1. The molecule has 9 nitrogen and oxygen atoms in total. The smallest absolute Gasteiger partial charge is 0.274 e. The minimum Gasteiger partial charge on any atom is -0.349 e. The molecule has 1 aliphatic rings. The van der Waals surface area contributed by atoms with Crippen molar-refractivity contribution in [1.29, 1.82) is 0 Å². The molecule has 0 unspecified atom stereocenters. The van der Waals surface area contributed by atoms with Crippen LogP contribution in [-0.2, 0) is 10.0 Å². The van der Waals surface area contributed by atoms with Crippen LogP contribution in [0.1, 0.15) is 33.9 Å². The number of amides is 2. The average molecular weight is 417 g/mol. The molecular formula is C18H16FN5O4S. The zero-order valence-corrected chi connectivity index (χ0v) is 16.0. The number of halogens is 1. The zero-order chi connectivity index (χ0) is 20.9. The van der Waals surface area contributed by atoms with E-state index in [1.54, 1.807) is 16.7 Å². The SMILES string of the molecule is C[C@@H]1CNC(=O)c2cc3ccc(C(=O)Nc4cc(F)ccc4S(N)(=O)=O)nc3n21. The molecule has 1 aliphatic heterocycles. The van der Waals surface area contributed by atoms with Gasteiger partial charge in [-0.1, -0.05) is 0 Å². The number of hydrogen-bond acceptors (Lipinski definition) is 5. The fraction of sp³-hybridized carbons (Fsp3) is 0.167. The molecule has 2 amide bonds. The van der Waals surface area contributed by atoms with E-state index in [2.05, 4.69) is 15.6 Å². The van der Waals surface area contributed by atoms with Crippen LogP contribution in [0, 0.1) is 5.82 Å². The Morgan fingerprint density at radius 1 is 1.31 bits per heavy atom. The Hall–Kier alpha value is -3.31. The Morgan fingerprint density at radius 2 is 2.07 bits per heavy atom. The molecule has 150 valence electrons. The third kappa shape index (κ3) is 3.34. The van der Waals surface area contributed by atoms with E-state index >= 15 is 0 Å². The van der Waals surface area contributed by atoms with E-state index in [1.165, 1.54) is 6.07 Å². The summed E-state index contributed by atoms with van der Waals surface area (Å²) in [4.78, 5) is 28.7. The highest BCUT2D eigenvalue weighted by molar-refractivity contribution is 7.89. The summed E-state index contributed by atoms with van der Waals surface area (Å²) < 4.78 is 38.7. The first-order valence-corrected chi connectivity index (χ1v) is 10.1. The maximum absolute atomic E-state index is 13.6. The molecule has 0 radical (unpaired) electrons. The number of primary sulfonamides is 1. The van der Waals surface area contributed by atoms with Crippen LogP contribution >= 0.6 is 0 Å². The first kappa shape index (κ1) is 19.0. The Morgan fingerprint density at radius 3 is 2.79 bits per heavy atom. The average Bonchev–Trinajstić information content (AvgIpc) is 3.03. The number of rotatable bonds is 3. The van der Waals surface area contributed by atoms with Crippen molar-refractivity contribution >= 4 is 38.6 Å². The van der Waals surface area contributed by atoms with E-state index in [9.17, 15) is 22.4 Å². The summed E-state index contributed by atoms with van der Waals surface area (Å²) in [5.74, 6) is -1.72. The molecular weight excluding hydrogens is 401 g/mol. The van der Waals surface area contributed by atoms with Crippen LogP contribution in [0.15, 0.2) is 41.3 Å². The van der Waals surface area contributed by atoms with Gasteiger partial charge in [-0.15, -0.1) is 0 Å².